The molecule has 0 aliphatic heterocycles. The topological polar surface area (TPSA) is 62.0 Å². The summed E-state index contributed by atoms with van der Waals surface area (Å²) >= 11 is 3.28. The van der Waals surface area contributed by atoms with Gasteiger partial charge >= 0.3 is 0 Å². The second-order valence-electron chi connectivity index (χ2n) is 4.85. The van der Waals surface area contributed by atoms with Gasteiger partial charge in [-0.25, -0.2) is 8.78 Å². The molecule has 0 radical (unpaired) electrons. The zero-order chi connectivity index (χ0) is 16.6. The lowest BCUT2D eigenvalue weighted by atomic mass is 10.1. The van der Waals surface area contributed by atoms with Crippen LogP contribution in [-0.2, 0) is 0 Å². The molecule has 3 aromatic rings. The molecule has 7 heteroatoms. The lowest BCUT2D eigenvalue weighted by Gasteiger charge is -2.08. The molecule has 3 rings (SSSR count). The number of hydrogen-bond donors (Lipinski definition) is 2. The number of halogens is 3. The van der Waals surface area contributed by atoms with Crippen LogP contribution in [-0.4, -0.2) is 10.9 Å². The van der Waals surface area contributed by atoms with E-state index in [9.17, 15) is 18.4 Å². The highest BCUT2D eigenvalue weighted by Gasteiger charge is 2.13. The van der Waals surface area contributed by atoms with E-state index < -0.39 is 23.1 Å². The lowest BCUT2D eigenvalue weighted by molar-refractivity contribution is 0.102. The molecule has 0 saturated carbocycles. The van der Waals surface area contributed by atoms with Gasteiger partial charge in [0.1, 0.15) is 11.6 Å². The van der Waals surface area contributed by atoms with Crippen molar-refractivity contribution in [3.63, 3.8) is 0 Å². The first-order valence-corrected chi connectivity index (χ1v) is 7.32. The third-order valence-corrected chi connectivity index (χ3v) is 3.66. The van der Waals surface area contributed by atoms with Crippen molar-refractivity contribution < 1.29 is 13.6 Å². The molecule has 1 amide bonds. The molecule has 0 saturated heterocycles. The Morgan fingerprint density at radius 2 is 1.74 bits per heavy atom. The van der Waals surface area contributed by atoms with Gasteiger partial charge in [-0.15, -0.1) is 0 Å². The van der Waals surface area contributed by atoms with Crippen molar-refractivity contribution in [2.75, 3.05) is 5.32 Å². The van der Waals surface area contributed by atoms with E-state index in [-0.39, 0.29) is 11.3 Å². The van der Waals surface area contributed by atoms with Gasteiger partial charge in [0.15, 0.2) is 0 Å². The third-order valence-electron chi connectivity index (χ3n) is 3.17. The Hall–Kier alpha value is -2.54. The molecule has 0 bridgehead atoms. The van der Waals surface area contributed by atoms with Gasteiger partial charge < -0.3 is 10.3 Å². The van der Waals surface area contributed by atoms with Crippen LogP contribution in [0.15, 0.2) is 51.7 Å². The van der Waals surface area contributed by atoms with E-state index >= 15 is 0 Å². The molecule has 1 aromatic heterocycles. The first-order valence-electron chi connectivity index (χ1n) is 6.52. The highest BCUT2D eigenvalue weighted by molar-refractivity contribution is 9.10. The number of amides is 1. The number of nitrogens with one attached hydrogen (secondary N) is 2. The van der Waals surface area contributed by atoms with E-state index in [0.717, 1.165) is 22.7 Å². The standard InChI is InChI=1S/C16H9BrF2N2O2/c17-8-1-2-12-13(7-15(22)21-14(12)3-8)16(23)20-11-5-9(18)4-10(19)6-11/h1-7H,(H,20,23)(H,21,22). The molecule has 0 spiro atoms. The maximum atomic E-state index is 13.2. The van der Waals surface area contributed by atoms with Crippen molar-refractivity contribution in [1.29, 1.82) is 0 Å². The van der Waals surface area contributed by atoms with Crippen LogP contribution in [0.5, 0.6) is 0 Å². The smallest absolute Gasteiger partial charge is 0.256 e. The average Bonchev–Trinajstić information content (AvgIpc) is 2.44. The first kappa shape index (κ1) is 15.4. The van der Waals surface area contributed by atoms with E-state index in [1.807, 2.05) is 0 Å². The van der Waals surface area contributed by atoms with Gasteiger partial charge in [0.2, 0.25) is 5.56 Å². The van der Waals surface area contributed by atoms with Crippen molar-refractivity contribution in [3.05, 3.63) is 74.5 Å². The Bertz CT molecular complexity index is 965. The molecule has 0 aliphatic carbocycles. The molecule has 116 valence electrons. The summed E-state index contributed by atoms with van der Waals surface area (Å²) in [6.07, 6.45) is 0. The van der Waals surface area contributed by atoms with Crippen LogP contribution in [0.25, 0.3) is 10.9 Å². The first-order chi connectivity index (χ1) is 10.9. The largest absolute Gasteiger partial charge is 0.322 e. The molecule has 2 N–H and O–H groups in total. The Kier molecular flexibility index (Phi) is 3.96. The van der Waals surface area contributed by atoms with Crippen LogP contribution in [0.1, 0.15) is 10.4 Å². The number of pyridine rings is 1. The fourth-order valence-corrected chi connectivity index (χ4v) is 2.61. The number of H-pyrrole nitrogens is 1. The number of anilines is 1. The third kappa shape index (κ3) is 3.29. The summed E-state index contributed by atoms with van der Waals surface area (Å²) in [5.74, 6) is -2.24. The number of carbonyl (C=O) groups is 1. The number of carbonyl (C=O) groups excluding carboxylic acids is 1. The Morgan fingerprint density at radius 3 is 2.43 bits per heavy atom. The quantitative estimate of drug-likeness (QED) is 0.711. The van der Waals surface area contributed by atoms with Gasteiger partial charge in [0.05, 0.1) is 11.1 Å². The summed E-state index contributed by atoms with van der Waals surface area (Å²) in [6.45, 7) is 0. The van der Waals surface area contributed by atoms with Crippen molar-refractivity contribution >= 4 is 38.4 Å². The van der Waals surface area contributed by atoms with Crippen LogP contribution in [0.3, 0.4) is 0 Å². The summed E-state index contributed by atoms with van der Waals surface area (Å²) in [6, 6.07) is 8.88. The molecular formula is C16H9BrF2N2O2. The van der Waals surface area contributed by atoms with Crippen LogP contribution >= 0.6 is 15.9 Å². The molecule has 1 heterocycles. The second-order valence-corrected chi connectivity index (χ2v) is 5.77. The Morgan fingerprint density at radius 1 is 1.04 bits per heavy atom. The monoisotopic (exact) mass is 378 g/mol. The minimum atomic E-state index is -0.806. The molecule has 4 nitrogen and oxygen atoms in total. The SMILES string of the molecule is O=C(Nc1cc(F)cc(F)c1)c1cc(=O)[nH]c2cc(Br)ccc12. The minimum Gasteiger partial charge on any atom is -0.322 e. The number of benzene rings is 2. The average molecular weight is 379 g/mol. The van der Waals surface area contributed by atoms with Gasteiger partial charge in [-0.2, -0.15) is 0 Å². The molecule has 0 unspecified atom stereocenters. The van der Waals surface area contributed by atoms with Crippen molar-refractivity contribution in [2.24, 2.45) is 0 Å². The van der Waals surface area contributed by atoms with E-state index in [1.54, 1.807) is 18.2 Å². The van der Waals surface area contributed by atoms with Crippen LogP contribution in [0, 0.1) is 11.6 Å². The van der Waals surface area contributed by atoms with E-state index in [4.69, 9.17) is 0 Å². The summed E-state index contributed by atoms with van der Waals surface area (Å²) in [5, 5.41) is 2.91. The van der Waals surface area contributed by atoms with E-state index in [1.165, 1.54) is 0 Å². The Balaban J connectivity index is 2.05. The zero-order valence-electron chi connectivity index (χ0n) is 11.5. The molecular weight excluding hydrogens is 370 g/mol. The van der Waals surface area contributed by atoms with Gasteiger partial charge in [-0.3, -0.25) is 9.59 Å². The van der Waals surface area contributed by atoms with Crippen molar-refractivity contribution in [2.45, 2.75) is 0 Å². The van der Waals surface area contributed by atoms with Gasteiger partial charge in [0.25, 0.3) is 5.91 Å². The van der Waals surface area contributed by atoms with Crippen LogP contribution in [0.4, 0.5) is 14.5 Å². The molecule has 2 aromatic carbocycles. The second kappa shape index (κ2) is 5.92. The molecule has 0 fully saturated rings. The summed E-state index contributed by atoms with van der Waals surface area (Å²) in [4.78, 5) is 26.7. The van der Waals surface area contributed by atoms with Gasteiger partial charge in [-0.05, 0) is 24.3 Å². The summed E-state index contributed by atoms with van der Waals surface area (Å²) in [5.41, 5.74) is 0.104. The summed E-state index contributed by atoms with van der Waals surface area (Å²) < 4.78 is 27.1. The maximum Gasteiger partial charge on any atom is 0.256 e. The lowest BCUT2D eigenvalue weighted by Crippen LogP contribution is -2.17. The maximum absolute atomic E-state index is 13.2. The van der Waals surface area contributed by atoms with E-state index in [0.29, 0.717) is 17.0 Å². The minimum absolute atomic E-state index is 0.0296. The molecule has 0 atom stereocenters. The predicted molar refractivity (Wildman–Crippen MR) is 86.6 cm³/mol. The van der Waals surface area contributed by atoms with E-state index in [2.05, 4.69) is 26.2 Å². The number of aromatic amines is 1. The number of fused-ring (bicyclic) bond motifs is 1. The van der Waals surface area contributed by atoms with Gasteiger partial charge in [-0.1, -0.05) is 22.0 Å². The van der Waals surface area contributed by atoms with Gasteiger partial charge in [0, 0.05) is 27.7 Å². The Labute approximate surface area is 137 Å². The summed E-state index contributed by atoms with van der Waals surface area (Å²) in [7, 11) is 0. The zero-order valence-corrected chi connectivity index (χ0v) is 13.1. The van der Waals surface area contributed by atoms with Crippen LogP contribution < -0.4 is 10.9 Å². The highest BCUT2D eigenvalue weighted by atomic mass is 79.9. The molecule has 23 heavy (non-hydrogen) atoms. The number of rotatable bonds is 2. The highest BCUT2D eigenvalue weighted by Crippen LogP contribution is 2.21. The number of hydrogen-bond acceptors (Lipinski definition) is 2. The fourth-order valence-electron chi connectivity index (χ4n) is 2.24. The fraction of sp³-hybridized carbons (Fsp3) is 0. The predicted octanol–water partition coefficient (Wildman–Crippen LogP) is 3.82. The van der Waals surface area contributed by atoms with Crippen molar-refractivity contribution in [1.82, 2.24) is 4.98 Å². The van der Waals surface area contributed by atoms with Crippen molar-refractivity contribution in [3.8, 4) is 0 Å². The molecule has 0 aliphatic rings. The van der Waals surface area contributed by atoms with Crippen LogP contribution in [0.2, 0.25) is 0 Å². The normalized spacial score (nSPS) is 10.7. The number of aromatic nitrogens is 1.